The van der Waals surface area contributed by atoms with E-state index < -0.39 is 24.8 Å². The molecule has 0 atom stereocenters. The summed E-state index contributed by atoms with van der Waals surface area (Å²) in [7, 11) is 0. The predicted molar refractivity (Wildman–Crippen MR) is 58.5 cm³/mol. The van der Waals surface area contributed by atoms with Gasteiger partial charge in [0.25, 0.3) is 5.89 Å². The average molecular weight is 275 g/mol. The summed E-state index contributed by atoms with van der Waals surface area (Å²) in [6.45, 7) is 0. The van der Waals surface area contributed by atoms with Crippen LogP contribution in [0.4, 0.5) is 23.2 Å². The van der Waals surface area contributed by atoms with E-state index in [1.165, 1.54) is 12.1 Å². The van der Waals surface area contributed by atoms with E-state index in [1.54, 1.807) is 0 Å². The van der Waals surface area contributed by atoms with Gasteiger partial charge in [-0.2, -0.15) is 18.2 Å². The molecule has 1 heterocycles. The number of alkyl halides is 3. The highest BCUT2D eigenvalue weighted by Crippen LogP contribution is 2.27. The molecule has 0 radical (unpaired) electrons. The zero-order valence-corrected chi connectivity index (χ0v) is 9.54. The van der Waals surface area contributed by atoms with Crippen LogP contribution < -0.4 is 5.73 Å². The minimum Gasteiger partial charge on any atom is -0.396 e. The third-order valence-electron chi connectivity index (χ3n) is 2.38. The lowest BCUT2D eigenvalue weighted by molar-refractivity contribution is -0.134. The van der Waals surface area contributed by atoms with Crippen LogP contribution in [0.5, 0.6) is 0 Å². The average Bonchev–Trinajstić information content (AvgIpc) is 2.78. The van der Waals surface area contributed by atoms with Gasteiger partial charge in [0.2, 0.25) is 0 Å². The molecule has 0 saturated heterocycles. The van der Waals surface area contributed by atoms with Crippen molar-refractivity contribution in [2.75, 3.05) is 5.73 Å². The Balaban J connectivity index is 2.19. The third-order valence-corrected chi connectivity index (χ3v) is 2.38. The molecule has 0 fully saturated rings. The summed E-state index contributed by atoms with van der Waals surface area (Å²) in [6.07, 6.45) is -5.74. The van der Waals surface area contributed by atoms with Crippen molar-refractivity contribution in [3.05, 3.63) is 29.8 Å². The minimum atomic E-state index is -4.29. The Morgan fingerprint density at radius 2 is 2.00 bits per heavy atom. The lowest BCUT2D eigenvalue weighted by atomic mass is 10.2. The SMILES string of the molecule is Nc1c(F)cccc1-c1nc(CCC(F)(F)F)no1. The van der Waals surface area contributed by atoms with Crippen LogP contribution >= 0.6 is 0 Å². The smallest absolute Gasteiger partial charge is 0.389 e. The van der Waals surface area contributed by atoms with Crippen molar-refractivity contribution in [2.45, 2.75) is 19.0 Å². The fraction of sp³-hybridized carbons (Fsp3) is 0.273. The second kappa shape index (κ2) is 4.87. The van der Waals surface area contributed by atoms with Gasteiger partial charge in [0.05, 0.1) is 17.7 Å². The fourth-order valence-corrected chi connectivity index (χ4v) is 1.44. The van der Waals surface area contributed by atoms with E-state index in [2.05, 4.69) is 10.1 Å². The Hall–Kier alpha value is -2.12. The van der Waals surface area contributed by atoms with Crippen LogP contribution in [-0.4, -0.2) is 16.3 Å². The van der Waals surface area contributed by atoms with Gasteiger partial charge in [-0.1, -0.05) is 11.2 Å². The van der Waals surface area contributed by atoms with Crippen molar-refractivity contribution < 1.29 is 22.1 Å². The largest absolute Gasteiger partial charge is 0.396 e. The summed E-state index contributed by atoms with van der Waals surface area (Å²) in [6, 6.07) is 3.99. The highest BCUT2D eigenvalue weighted by atomic mass is 19.4. The Kier molecular flexibility index (Phi) is 3.41. The number of nitrogens with zero attached hydrogens (tertiary/aromatic N) is 2. The lowest BCUT2D eigenvalue weighted by Crippen LogP contribution is -2.09. The number of aromatic nitrogens is 2. The number of benzene rings is 1. The van der Waals surface area contributed by atoms with Gasteiger partial charge in [0, 0.05) is 6.42 Å². The summed E-state index contributed by atoms with van der Waals surface area (Å²) in [5.74, 6) is -0.863. The van der Waals surface area contributed by atoms with Gasteiger partial charge in [0.1, 0.15) is 5.82 Å². The Labute approximate surface area is 105 Å². The summed E-state index contributed by atoms with van der Waals surface area (Å²) < 4.78 is 54.1. The molecule has 0 unspecified atom stereocenters. The van der Waals surface area contributed by atoms with E-state index in [4.69, 9.17) is 10.3 Å². The molecule has 1 aromatic carbocycles. The van der Waals surface area contributed by atoms with Crippen molar-refractivity contribution in [1.29, 1.82) is 0 Å². The molecule has 2 N–H and O–H groups in total. The number of para-hydroxylation sites is 1. The molecule has 0 amide bonds. The number of hydrogen-bond acceptors (Lipinski definition) is 4. The number of anilines is 1. The Bertz CT molecular complexity index is 580. The number of hydrogen-bond donors (Lipinski definition) is 1. The van der Waals surface area contributed by atoms with Gasteiger partial charge in [-0.05, 0) is 12.1 Å². The number of nitrogen functional groups attached to an aromatic ring is 1. The van der Waals surface area contributed by atoms with E-state index in [1.807, 2.05) is 0 Å². The van der Waals surface area contributed by atoms with Crippen molar-refractivity contribution in [1.82, 2.24) is 10.1 Å². The molecule has 4 nitrogen and oxygen atoms in total. The van der Waals surface area contributed by atoms with Gasteiger partial charge in [-0.3, -0.25) is 0 Å². The van der Waals surface area contributed by atoms with Crippen molar-refractivity contribution in [3.63, 3.8) is 0 Å². The van der Waals surface area contributed by atoms with E-state index in [9.17, 15) is 17.6 Å². The summed E-state index contributed by atoms with van der Waals surface area (Å²) in [5.41, 5.74) is 5.46. The predicted octanol–water partition coefficient (Wildman–Crippen LogP) is 2.95. The third kappa shape index (κ3) is 3.21. The molecule has 0 aliphatic rings. The van der Waals surface area contributed by atoms with Crippen LogP contribution in [0.3, 0.4) is 0 Å². The molecule has 0 bridgehead atoms. The highest BCUT2D eigenvalue weighted by Gasteiger charge is 2.27. The van der Waals surface area contributed by atoms with Crippen LogP contribution in [0.25, 0.3) is 11.5 Å². The second-order valence-corrected chi connectivity index (χ2v) is 3.83. The fourth-order valence-electron chi connectivity index (χ4n) is 1.44. The summed E-state index contributed by atoms with van der Waals surface area (Å²) >= 11 is 0. The maximum Gasteiger partial charge on any atom is 0.389 e. The van der Waals surface area contributed by atoms with Crippen LogP contribution in [0.15, 0.2) is 22.7 Å². The lowest BCUT2D eigenvalue weighted by Gasteiger charge is -2.02. The molecule has 0 saturated carbocycles. The van der Waals surface area contributed by atoms with Crippen molar-refractivity contribution in [3.8, 4) is 11.5 Å². The molecule has 0 spiro atoms. The van der Waals surface area contributed by atoms with Gasteiger partial charge in [-0.15, -0.1) is 0 Å². The quantitative estimate of drug-likeness (QED) is 0.691. The number of halogens is 4. The van der Waals surface area contributed by atoms with E-state index in [-0.39, 0.29) is 23.0 Å². The summed E-state index contributed by atoms with van der Waals surface area (Å²) in [5, 5.41) is 3.40. The molecule has 102 valence electrons. The summed E-state index contributed by atoms with van der Waals surface area (Å²) in [4.78, 5) is 3.76. The number of nitrogens with two attached hydrogens (primary N) is 1. The normalized spacial score (nSPS) is 11.8. The zero-order chi connectivity index (χ0) is 14.0. The first-order valence-electron chi connectivity index (χ1n) is 5.30. The molecular formula is C11H9F4N3O. The van der Waals surface area contributed by atoms with Gasteiger partial charge in [0.15, 0.2) is 5.82 Å². The Morgan fingerprint density at radius 3 is 2.68 bits per heavy atom. The van der Waals surface area contributed by atoms with E-state index >= 15 is 0 Å². The van der Waals surface area contributed by atoms with Crippen molar-refractivity contribution in [2.24, 2.45) is 0 Å². The number of rotatable bonds is 3. The van der Waals surface area contributed by atoms with Crippen LogP contribution in [0.1, 0.15) is 12.2 Å². The maximum absolute atomic E-state index is 13.2. The molecule has 19 heavy (non-hydrogen) atoms. The monoisotopic (exact) mass is 275 g/mol. The van der Waals surface area contributed by atoms with Crippen molar-refractivity contribution >= 4 is 5.69 Å². The number of aryl methyl sites for hydroxylation is 1. The van der Waals surface area contributed by atoms with Crippen LogP contribution in [0, 0.1) is 5.82 Å². The molecule has 0 aliphatic heterocycles. The molecule has 2 aromatic rings. The molecule has 1 aromatic heterocycles. The first-order chi connectivity index (χ1) is 8.87. The highest BCUT2D eigenvalue weighted by molar-refractivity contribution is 5.70. The van der Waals surface area contributed by atoms with Crippen LogP contribution in [-0.2, 0) is 6.42 Å². The van der Waals surface area contributed by atoms with Crippen LogP contribution in [0.2, 0.25) is 0 Å². The maximum atomic E-state index is 13.2. The van der Waals surface area contributed by atoms with Gasteiger partial charge in [-0.25, -0.2) is 4.39 Å². The van der Waals surface area contributed by atoms with Gasteiger partial charge < -0.3 is 10.3 Å². The first-order valence-corrected chi connectivity index (χ1v) is 5.30. The molecule has 2 rings (SSSR count). The molecule has 0 aliphatic carbocycles. The van der Waals surface area contributed by atoms with E-state index in [0.717, 1.165) is 6.07 Å². The Morgan fingerprint density at radius 1 is 1.26 bits per heavy atom. The minimum absolute atomic E-state index is 0.101. The standard InChI is InChI=1S/C11H9F4N3O/c12-7-3-1-2-6(9(7)16)10-17-8(18-19-10)4-5-11(13,14)15/h1-3H,4-5,16H2. The van der Waals surface area contributed by atoms with E-state index in [0.29, 0.717) is 0 Å². The topological polar surface area (TPSA) is 64.9 Å². The second-order valence-electron chi connectivity index (χ2n) is 3.83. The first kappa shape index (κ1) is 13.3. The van der Waals surface area contributed by atoms with Gasteiger partial charge >= 0.3 is 6.18 Å². The molecular weight excluding hydrogens is 266 g/mol. The molecule has 8 heteroatoms. The zero-order valence-electron chi connectivity index (χ0n) is 9.54.